The summed E-state index contributed by atoms with van der Waals surface area (Å²) in [5.74, 6) is 3.44. The molecule has 59 heavy (non-hydrogen) atoms. The number of ether oxygens (including phenoxy) is 2. The second-order valence-corrected chi connectivity index (χ2v) is 21.7. The topological polar surface area (TPSA) is 115 Å². The zero-order valence-corrected chi connectivity index (χ0v) is 35.7. The SMILES string of the molecule is CCC1(C2=C3OC(=O)C4=C3[C@@H](CC2)C[C@H]2[C@@H]3CC[C@@]5(C6=C3[C@@H](CN3C(=O)C=CC3=O)c3ccnc(c3)NCSSC[C@H](C3CCCCC3)C/C=C\5OC6=O)[C@@H]42)CCCC1. The first-order chi connectivity index (χ1) is 28.8. The zero-order valence-electron chi connectivity index (χ0n) is 34.1. The van der Waals surface area contributed by atoms with Crippen LogP contribution in [0.4, 0.5) is 5.82 Å². The Kier molecular flexibility index (Phi) is 9.63. The smallest absolute Gasteiger partial charge is 0.340 e. The molecule has 7 aliphatic carbocycles. The summed E-state index contributed by atoms with van der Waals surface area (Å²) in [4.78, 5) is 62.5. The van der Waals surface area contributed by atoms with Gasteiger partial charge in [0, 0.05) is 53.6 Å². The number of rotatable bonds is 5. The number of aromatic nitrogens is 1. The molecule has 4 aliphatic heterocycles. The maximum absolute atomic E-state index is 15.0. The number of fused-ring (bicyclic) bond motifs is 3. The fourth-order valence-electron chi connectivity index (χ4n) is 14.2. The van der Waals surface area contributed by atoms with Crippen LogP contribution in [0.3, 0.4) is 0 Å². The highest BCUT2D eigenvalue weighted by Crippen LogP contribution is 2.73. The lowest BCUT2D eigenvalue weighted by molar-refractivity contribution is -0.137. The van der Waals surface area contributed by atoms with Crippen LogP contribution in [-0.2, 0) is 28.7 Å². The predicted octanol–water partition coefficient (Wildman–Crippen LogP) is 9.71. The van der Waals surface area contributed by atoms with Crippen molar-refractivity contribution in [2.45, 2.75) is 116 Å². The van der Waals surface area contributed by atoms with Crippen LogP contribution < -0.4 is 5.32 Å². The molecule has 0 radical (unpaired) electrons. The molecule has 1 aromatic rings. The summed E-state index contributed by atoms with van der Waals surface area (Å²) in [6, 6.07) is 4.03. The van der Waals surface area contributed by atoms with Gasteiger partial charge in [-0.25, -0.2) is 14.6 Å². The molecule has 9 nitrogen and oxygen atoms in total. The minimum Gasteiger partial charge on any atom is -0.427 e. The van der Waals surface area contributed by atoms with Gasteiger partial charge in [0.15, 0.2) is 0 Å². The van der Waals surface area contributed by atoms with Gasteiger partial charge in [-0.1, -0.05) is 73.5 Å². The lowest BCUT2D eigenvalue weighted by atomic mass is 9.42. The summed E-state index contributed by atoms with van der Waals surface area (Å²) < 4.78 is 13.3. The molecule has 4 fully saturated rings. The minimum absolute atomic E-state index is 0.0342. The van der Waals surface area contributed by atoms with Crippen molar-refractivity contribution in [1.82, 2.24) is 9.88 Å². The van der Waals surface area contributed by atoms with Crippen molar-refractivity contribution in [3.63, 3.8) is 0 Å². The van der Waals surface area contributed by atoms with Crippen LogP contribution in [0.25, 0.3) is 0 Å². The maximum atomic E-state index is 15.0. The van der Waals surface area contributed by atoms with Crippen LogP contribution in [0.1, 0.15) is 121 Å². The largest absolute Gasteiger partial charge is 0.427 e. The summed E-state index contributed by atoms with van der Waals surface area (Å²) in [6.45, 7) is 2.43. The first-order valence-electron chi connectivity index (χ1n) is 22.7. The second kappa shape index (κ2) is 14.8. The number of amides is 2. The summed E-state index contributed by atoms with van der Waals surface area (Å²) in [7, 11) is 3.70. The van der Waals surface area contributed by atoms with Crippen molar-refractivity contribution < 1.29 is 28.7 Å². The van der Waals surface area contributed by atoms with E-state index in [4.69, 9.17) is 14.5 Å². The van der Waals surface area contributed by atoms with Crippen molar-refractivity contribution in [3.8, 4) is 0 Å². The van der Waals surface area contributed by atoms with Crippen LogP contribution >= 0.6 is 21.6 Å². The van der Waals surface area contributed by atoms with Gasteiger partial charge in [-0.3, -0.25) is 14.5 Å². The van der Waals surface area contributed by atoms with E-state index in [-0.39, 0.29) is 59.4 Å². The van der Waals surface area contributed by atoms with Crippen LogP contribution in [0.15, 0.2) is 75.9 Å². The summed E-state index contributed by atoms with van der Waals surface area (Å²) in [5.41, 5.74) is 5.18. The number of pyridine rings is 1. The van der Waals surface area contributed by atoms with Gasteiger partial charge in [0.2, 0.25) is 0 Å². The molecule has 12 rings (SSSR count). The Hall–Kier alpha value is -3.57. The van der Waals surface area contributed by atoms with Gasteiger partial charge in [-0.05, 0) is 128 Å². The van der Waals surface area contributed by atoms with Crippen LogP contribution in [-0.4, -0.2) is 51.8 Å². The Morgan fingerprint density at radius 3 is 2.51 bits per heavy atom. The minimum atomic E-state index is -0.833. The van der Waals surface area contributed by atoms with Crippen molar-refractivity contribution in [1.29, 1.82) is 0 Å². The van der Waals surface area contributed by atoms with E-state index in [1.165, 1.54) is 67.6 Å². The average Bonchev–Trinajstić information content (AvgIpc) is 4.03. The molecule has 5 heterocycles. The van der Waals surface area contributed by atoms with Crippen molar-refractivity contribution in [3.05, 3.63) is 81.5 Å². The van der Waals surface area contributed by atoms with Gasteiger partial charge in [-0.15, -0.1) is 0 Å². The summed E-state index contributed by atoms with van der Waals surface area (Å²) >= 11 is 0. The Morgan fingerprint density at radius 2 is 1.71 bits per heavy atom. The fraction of sp³-hybridized carbons (Fsp3) is 0.604. The highest BCUT2D eigenvalue weighted by Gasteiger charge is 2.70. The second-order valence-electron chi connectivity index (χ2n) is 19.1. The molecule has 1 spiro atoms. The third-order valence-corrected chi connectivity index (χ3v) is 19.1. The molecule has 7 bridgehead atoms. The summed E-state index contributed by atoms with van der Waals surface area (Å²) in [6.07, 6.45) is 24.1. The lowest BCUT2D eigenvalue weighted by Crippen LogP contribution is -2.54. The molecule has 0 aromatic carbocycles. The number of anilines is 1. The van der Waals surface area contributed by atoms with Gasteiger partial charge in [0.1, 0.15) is 17.3 Å². The first-order valence-corrected chi connectivity index (χ1v) is 25.2. The molecule has 7 atom stereocenters. The van der Waals surface area contributed by atoms with E-state index in [2.05, 4.69) is 18.3 Å². The molecular weight excluding hydrogens is 779 g/mol. The van der Waals surface area contributed by atoms with Gasteiger partial charge >= 0.3 is 11.9 Å². The molecule has 11 heteroatoms. The van der Waals surface area contributed by atoms with E-state index < -0.39 is 11.3 Å². The van der Waals surface area contributed by atoms with E-state index in [0.29, 0.717) is 29.7 Å². The van der Waals surface area contributed by atoms with E-state index >= 15 is 4.79 Å². The zero-order chi connectivity index (χ0) is 40.0. The van der Waals surface area contributed by atoms with Crippen LogP contribution in [0, 0.1) is 46.3 Å². The van der Waals surface area contributed by atoms with Crippen LogP contribution in [0.5, 0.6) is 0 Å². The molecule has 2 amide bonds. The van der Waals surface area contributed by atoms with Gasteiger partial charge < -0.3 is 14.8 Å². The van der Waals surface area contributed by atoms with Gasteiger partial charge in [-0.2, -0.15) is 0 Å². The monoisotopic (exact) mass is 833 g/mol. The van der Waals surface area contributed by atoms with Gasteiger partial charge in [0.25, 0.3) is 11.8 Å². The quantitative estimate of drug-likeness (QED) is 0.175. The number of nitrogens with one attached hydrogen (secondary N) is 1. The molecule has 1 aromatic heterocycles. The predicted molar refractivity (Wildman–Crippen MR) is 228 cm³/mol. The average molecular weight is 834 g/mol. The number of carbonyl (C=O) groups excluding carboxylic acids is 4. The molecule has 1 N–H and O–H groups in total. The number of nitrogens with zero attached hydrogens (tertiary/aromatic N) is 2. The number of allylic oxidation sites excluding steroid dienone is 4. The van der Waals surface area contributed by atoms with E-state index in [1.807, 2.05) is 22.9 Å². The molecule has 0 unspecified atom stereocenters. The molecule has 11 aliphatic rings. The normalized spacial score (nSPS) is 36.1. The van der Waals surface area contributed by atoms with Crippen molar-refractivity contribution >= 4 is 51.2 Å². The Morgan fingerprint density at radius 1 is 0.898 bits per heavy atom. The standard InChI is InChI=1S/C48H55N3O6S2/c1-2-47(18-6-7-19-47)34-12-10-29-22-32-31-16-20-48(42(32)41-39(29)44(34)57-45(41)54)35-13-11-30(27-8-4-3-5-9-27)25-58-59-26-50-36-23-28(17-21-49-36)33(40(31)43(48)46(55)56-35)24-51-37(52)14-15-38(51)53/h13-15,17,21,23,27,29-33,42H,2-12,16,18-20,22,24-26H2,1H3,(H,49,50)/b35-13+/t29-,30+,31-,32-,33-,42+,48-/m0/s1. The Bertz CT molecular complexity index is 2160. The number of hydrogen-bond acceptors (Lipinski definition) is 10. The number of esters is 2. The molecular formula is C48H55N3O6S2. The Labute approximate surface area is 355 Å². The van der Waals surface area contributed by atoms with Crippen molar-refractivity contribution in [2.75, 3.05) is 23.5 Å². The first kappa shape index (κ1) is 38.4. The molecule has 3 saturated carbocycles. The highest BCUT2D eigenvalue weighted by atomic mass is 33.1. The van der Waals surface area contributed by atoms with E-state index in [1.54, 1.807) is 17.0 Å². The maximum Gasteiger partial charge on any atom is 0.340 e. The van der Waals surface area contributed by atoms with Gasteiger partial charge in [0.05, 0.1) is 16.9 Å². The molecule has 1 saturated heterocycles. The Balaban J connectivity index is 1.13. The number of hydrogen-bond donors (Lipinski definition) is 1. The number of carbonyl (C=O) groups is 4. The van der Waals surface area contributed by atoms with Crippen LogP contribution in [0.2, 0.25) is 0 Å². The molecule has 310 valence electrons. The van der Waals surface area contributed by atoms with E-state index in [0.717, 1.165) is 96.7 Å². The van der Waals surface area contributed by atoms with E-state index in [9.17, 15) is 14.4 Å². The van der Waals surface area contributed by atoms with Crippen molar-refractivity contribution in [2.24, 2.45) is 46.3 Å². The highest BCUT2D eigenvalue weighted by molar-refractivity contribution is 8.76. The number of imide groups is 1. The third kappa shape index (κ3) is 5.89. The fourth-order valence-corrected chi connectivity index (χ4v) is 16.4. The third-order valence-electron chi connectivity index (χ3n) is 16.9. The lowest BCUT2D eigenvalue weighted by Gasteiger charge is -2.58. The summed E-state index contributed by atoms with van der Waals surface area (Å²) in [5, 5.41) is 3.54.